The number of amidine groups is 1. The molecule has 0 saturated heterocycles. The molecule has 5 heteroatoms. The normalized spacial score (nSPS) is 14.6. The Morgan fingerprint density at radius 1 is 0.696 bits per heavy atom. The van der Waals surface area contributed by atoms with Crippen LogP contribution in [0.2, 0.25) is 0 Å². The lowest BCUT2D eigenvalue weighted by Gasteiger charge is -2.22. The van der Waals surface area contributed by atoms with E-state index in [0.29, 0.717) is 5.84 Å². The fraction of sp³-hybridized carbons (Fsp3) is 0.0976. The van der Waals surface area contributed by atoms with Crippen LogP contribution in [0.4, 0.5) is 0 Å². The number of furan rings is 1. The molecule has 1 aliphatic rings. The second-order valence-electron chi connectivity index (χ2n) is 12.6. The summed E-state index contributed by atoms with van der Waals surface area (Å²) < 4.78 is 8.56. The van der Waals surface area contributed by atoms with Gasteiger partial charge >= 0.3 is 0 Å². The van der Waals surface area contributed by atoms with Crippen LogP contribution in [0.15, 0.2) is 143 Å². The van der Waals surface area contributed by atoms with Crippen molar-refractivity contribution in [2.75, 3.05) is 5.43 Å². The first kappa shape index (κ1) is 26.6. The van der Waals surface area contributed by atoms with Gasteiger partial charge in [-0.1, -0.05) is 129 Å². The molecule has 0 amide bonds. The van der Waals surface area contributed by atoms with Crippen LogP contribution in [0.5, 0.6) is 0 Å². The number of aromatic nitrogens is 1. The zero-order valence-electron chi connectivity index (χ0n) is 25.7. The van der Waals surface area contributed by atoms with E-state index >= 15 is 0 Å². The largest absolute Gasteiger partial charge is 0.455 e. The van der Waals surface area contributed by atoms with Crippen LogP contribution in [0.1, 0.15) is 42.3 Å². The third kappa shape index (κ3) is 3.78. The van der Waals surface area contributed by atoms with E-state index < -0.39 is 6.17 Å². The van der Waals surface area contributed by atoms with Gasteiger partial charge in [0.15, 0.2) is 6.17 Å². The van der Waals surface area contributed by atoms with Gasteiger partial charge in [-0.15, -0.1) is 0 Å². The van der Waals surface area contributed by atoms with Gasteiger partial charge in [-0.3, -0.25) is 10.1 Å². The van der Waals surface area contributed by atoms with Crippen molar-refractivity contribution in [3.05, 3.63) is 156 Å². The predicted octanol–water partition coefficient (Wildman–Crippen LogP) is 9.65. The minimum Gasteiger partial charge on any atom is -0.455 e. The maximum absolute atomic E-state index is 6.91. The van der Waals surface area contributed by atoms with E-state index in [4.69, 9.17) is 15.1 Å². The minimum atomic E-state index is -0.486. The van der Waals surface area contributed by atoms with Gasteiger partial charge in [-0.2, -0.15) is 0 Å². The number of hydrogen-bond acceptors (Lipinski definition) is 3. The zero-order valence-corrected chi connectivity index (χ0v) is 25.7. The van der Waals surface area contributed by atoms with Gasteiger partial charge < -0.3 is 10.2 Å². The number of nitrogens with two attached hydrogens (primary N) is 1. The van der Waals surface area contributed by atoms with E-state index in [-0.39, 0.29) is 5.41 Å². The first-order valence-corrected chi connectivity index (χ1v) is 15.7. The fourth-order valence-corrected chi connectivity index (χ4v) is 7.47. The van der Waals surface area contributed by atoms with Gasteiger partial charge in [-0.25, -0.2) is 4.99 Å². The Bertz CT molecular complexity index is 2500. The molecule has 0 spiro atoms. The molecular weight excluding hydrogens is 564 g/mol. The Balaban J connectivity index is 1.27. The molecule has 1 aliphatic carbocycles. The van der Waals surface area contributed by atoms with Gasteiger partial charge in [0.05, 0.1) is 16.6 Å². The Labute approximate surface area is 266 Å². The van der Waals surface area contributed by atoms with Crippen molar-refractivity contribution in [3.63, 3.8) is 0 Å². The molecule has 3 N–H and O–H groups in total. The maximum Gasteiger partial charge on any atom is 0.160 e. The van der Waals surface area contributed by atoms with Crippen LogP contribution >= 0.6 is 0 Å². The zero-order chi connectivity index (χ0) is 31.0. The highest BCUT2D eigenvalue weighted by Gasteiger charge is 2.37. The third-order valence-corrected chi connectivity index (χ3v) is 9.69. The standard InChI is InChI=1S/C41H32N4O/c1-41(2)32-20-9-6-17-30(32)36-33(41)24-23-28-26-15-7-10-21-34(26)45(37(28)36)44-40(25-13-4-3-5-14-25)43-39(42)31-19-12-18-29-27-16-8-11-22-35(27)46-38(29)31/h3-24,40,44H,1-2H3,(H2,42,43). The molecule has 0 saturated carbocycles. The van der Waals surface area contributed by atoms with Gasteiger partial charge in [0.2, 0.25) is 0 Å². The van der Waals surface area contributed by atoms with Gasteiger partial charge in [0.1, 0.15) is 17.0 Å². The van der Waals surface area contributed by atoms with Crippen molar-refractivity contribution in [1.29, 1.82) is 0 Å². The summed E-state index contributed by atoms with van der Waals surface area (Å²) in [5.41, 5.74) is 21.4. The number of nitrogens with zero attached hydrogens (tertiary/aromatic N) is 2. The quantitative estimate of drug-likeness (QED) is 0.154. The van der Waals surface area contributed by atoms with Gasteiger partial charge in [-0.05, 0) is 40.5 Å². The Morgan fingerprint density at radius 2 is 1.41 bits per heavy atom. The second kappa shape index (κ2) is 9.85. The number of fused-ring (bicyclic) bond motifs is 10. The molecule has 2 aromatic heterocycles. The van der Waals surface area contributed by atoms with Crippen molar-refractivity contribution in [1.82, 2.24) is 4.68 Å². The van der Waals surface area contributed by atoms with Crippen LogP contribution in [0.25, 0.3) is 54.9 Å². The van der Waals surface area contributed by atoms with Crippen LogP contribution in [0, 0.1) is 0 Å². The van der Waals surface area contributed by atoms with Crippen molar-refractivity contribution < 1.29 is 4.42 Å². The number of benzene rings is 6. The molecular formula is C41H32N4O. The highest BCUT2D eigenvalue weighted by Crippen LogP contribution is 2.52. The predicted molar refractivity (Wildman–Crippen MR) is 190 cm³/mol. The first-order chi connectivity index (χ1) is 22.5. The number of rotatable bonds is 5. The molecule has 0 radical (unpaired) electrons. The Hall–Kier alpha value is -5.81. The molecule has 9 rings (SSSR count). The van der Waals surface area contributed by atoms with Crippen LogP contribution in [-0.2, 0) is 5.41 Å². The van der Waals surface area contributed by atoms with E-state index in [9.17, 15) is 0 Å². The number of nitrogens with one attached hydrogen (secondary N) is 1. The summed E-state index contributed by atoms with van der Waals surface area (Å²) in [5, 5.41) is 4.47. The average molecular weight is 597 g/mol. The molecule has 46 heavy (non-hydrogen) atoms. The van der Waals surface area contributed by atoms with E-state index in [1.807, 2.05) is 48.5 Å². The monoisotopic (exact) mass is 596 g/mol. The summed E-state index contributed by atoms with van der Waals surface area (Å²) in [6, 6.07) is 46.4. The Kier molecular flexibility index (Phi) is 5.69. The summed E-state index contributed by atoms with van der Waals surface area (Å²) >= 11 is 0. The number of aliphatic imine (C=N–C) groups is 1. The van der Waals surface area contributed by atoms with Crippen LogP contribution in [0.3, 0.4) is 0 Å². The van der Waals surface area contributed by atoms with Crippen LogP contribution < -0.4 is 11.2 Å². The summed E-state index contributed by atoms with van der Waals surface area (Å²) in [5.74, 6) is 0.406. The lowest BCUT2D eigenvalue weighted by molar-refractivity contribution is 0.660. The fourth-order valence-electron chi connectivity index (χ4n) is 7.47. The van der Waals surface area contributed by atoms with E-state index in [0.717, 1.165) is 44.1 Å². The SMILES string of the molecule is CC1(C)c2ccccc2-c2c1ccc1c3ccccc3n(NC(/N=C(\N)c3cccc4c3oc3ccccc34)c3ccccc3)c21. The van der Waals surface area contributed by atoms with Crippen LogP contribution in [-0.4, -0.2) is 10.5 Å². The lowest BCUT2D eigenvalue weighted by atomic mass is 9.82. The highest BCUT2D eigenvalue weighted by molar-refractivity contribution is 6.16. The molecule has 1 unspecified atom stereocenters. The lowest BCUT2D eigenvalue weighted by Crippen LogP contribution is -2.24. The molecule has 2 heterocycles. The smallest absolute Gasteiger partial charge is 0.160 e. The topological polar surface area (TPSA) is 68.5 Å². The molecule has 0 fully saturated rings. The third-order valence-electron chi connectivity index (χ3n) is 9.69. The highest BCUT2D eigenvalue weighted by atomic mass is 16.3. The maximum atomic E-state index is 6.91. The Morgan fingerprint density at radius 3 is 2.28 bits per heavy atom. The van der Waals surface area contributed by atoms with Gasteiger partial charge in [0.25, 0.3) is 0 Å². The first-order valence-electron chi connectivity index (χ1n) is 15.7. The molecule has 222 valence electrons. The summed E-state index contributed by atoms with van der Waals surface area (Å²) in [6.07, 6.45) is -0.486. The molecule has 0 aliphatic heterocycles. The summed E-state index contributed by atoms with van der Waals surface area (Å²) in [4.78, 5) is 5.19. The van der Waals surface area contributed by atoms with Crippen molar-refractivity contribution in [2.24, 2.45) is 10.7 Å². The molecule has 1 atom stereocenters. The van der Waals surface area contributed by atoms with Crippen molar-refractivity contribution >= 4 is 49.6 Å². The molecule has 6 aromatic carbocycles. The average Bonchev–Trinajstić information content (AvgIpc) is 3.71. The molecule has 8 aromatic rings. The number of para-hydroxylation sites is 3. The summed E-state index contributed by atoms with van der Waals surface area (Å²) in [6.45, 7) is 4.64. The van der Waals surface area contributed by atoms with Crippen molar-refractivity contribution in [2.45, 2.75) is 25.4 Å². The van der Waals surface area contributed by atoms with E-state index in [1.165, 1.54) is 33.0 Å². The molecule has 5 nitrogen and oxygen atoms in total. The number of hydrogen-bond donors (Lipinski definition) is 2. The van der Waals surface area contributed by atoms with Crippen molar-refractivity contribution in [3.8, 4) is 11.1 Å². The van der Waals surface area contributed by atoms with Gasteiger partial charge in [0, 0.05) is 32.5 Å². The second-order valence-corrected chi connectivity index (χ2v) is 12.6. The minimum absolute atomic E-state index is 0.117. The molecule has 0 bridgehead atoms. The van der Waals surface area contributed by atoms with E-state index in [2.05, 4.69) is 109 Å². The van der Waals surface area contributed by atoms with E-state index in [1.54, 1.807) is 0 Å². The summed E-state index contributed by atoms with van der Waals surface area (Å²) in [7, 11) is 0.